The van der Waals surface area contributed by atoms with Gasteiger partial charge >= 0.3 is 6.36 Å². The maximum atomic E-state index is 12.3. The lowest BCUT2D eigenvalue weighted by atomic mass is 10.1. The fourth-order valence-corrected chi connectivity index (χ4v) is 2.47. The molecule has 0 aliphatic rings. The zero-order chi connectivity index (χ0) is 15.3. The van der Waals surface area contributed by atoms with Crippen LogP contribution in [0.15, 0.2) is 30.5 Å². The molecular formula is C13H14F3N3OS. The Hall–Kier alpha value is -1.67. The van der Waals surface area contributed by atoms with E-state index in [1.807, 2.05) is 6.92 Å². The zero-order valence-electron chi connectivity index (χ0n) is 11.2. The molecule has 4 nitrogen and oxygen atoms in total. The standard InChI is InChI=1S/C13H14F3N3OS/c1-2-6-17-12(11-8-18-19-21-11)9-4-3-5-10(7-9)20-13(14,15)16/h3-5,7-8,12,17H,2,6H2,1H3. The van der Waals surface area contributed by atoms with Gasteiger partial charge in [0.25, 0.3) is 0 Å². The molecule has 1 N–H and O–H groups in total. The molecule has 8 heteroatoms. The number of halogens is 3. The number of hydrogen-bond acceptors (Lipinski definition) is 5. The summed E-state index contributed by atoms with van der Waals surface area (Å²) in [6, 6.07) is 5.68. The van der Waals surface area contributed by atoms with Crippen LogP contribution >= 0.6 is 11.5 Å². The van der Waals surface area contributed by atoms with Crippen molar-refractivity contribution in [3.63, 3.8) is 0 Å². The second-order valence-corrected chi connectivity index (χ2v) is 5.14. The van der Waals surface area contributed by atoms with E-state index in [1.165, 1.54) is 29.7 Å². The lowest BCUT2D eigenvalue weighted by molar-refractivity contribution is -0.274. The predicted molar refractivity (Wildman–Crippen MR) is 73.2 cm³/mol. The summed E-state index contributed by atoms with van der Waals surface area (Å²) in [6.45, 7) is 2.74. The summed E-state index contributed by atoms with van der Waals surface area (Å²) >= 11 is 1.21. The van der Waals surface area contributed by atoms with Gasteiger partial charge in [0.15, 0.2) is 0 Å². The lowest BCUT2D eigenvalue weighted by Crippen LogP contribution is -2.23. The Morgan fingerprint density at radius 1 is 1.38 bits per heavy atom. The Bertz CT molecular complexity index is 560. The second kappa shape index (κ2) is 6.86. The van der Waals surface area contributed by atoms with E-state index in [2.05, 4.69) is 19.6 Å². The maximum Gasteiger partial charge on any atom is 0.573 e. The van der Waals surface area contributed by atoms with Crippen LogP contribution in [0.25, 0.3) is 0 Å². The minimum Gasteiger partial charge on any atom is -0.406 e. The van der Waals surface area contributed by atoms with Gasteiger partial charge in [-0.15, -0.1) is 18.3 Å². The summed E-state index contributed by atoms with van der Waals surface area (Å²) in [4.78, 5) is 0.840. The Morgan fingerprint density at radius 2 is 2.19 bits per heavy atom. The van der Waals surface area contributed by atoms with Crippen molar-refractivity contribution in [2.24, 2.45) is 0 Å². The van der Waals surface area contributed by atoms with Crippen LogP contribution in [0.4, 0.5) is 13.2 Å². The zero-order valence-corrected chi connectivity index (χ0v) is 12.0. The summed E-state index contributed by atoms with van der Waals surface area (Å²) < 4.78 is 44.6. The third-order valence-corrected chi connectivity index (χ3v) is 3.41. The van der Waals surface area contributed by atoms with E-state index in [-0.39, 0.29) is 11.8 Å². The smallest absolute Gasteiger partial charge is 0.406 e. The molecule has 1 atom stereocenters. The molecule has 0 fully saturated rings. The van der Waals surface area contributed by atoms with Gasteiger partial charge in [0.2, 0.25) is 0 Å². The van der Waals surface area contributed by atoms with E-state index < -0.39 is 6.36 Å². The Kier molecular flexibility index (Phi) is 5.13. The monoisotopic (exact) mass is 317 g/mol. The molecule has 21 heavy (non-hydrogen) atoms. The minimum absolute atomic E-state index is 0.235. The molecular weight excluding hydrogens is 303 g/mol. The van der Waals surface area contributed by atoms with Crippen LogP contribution in [-0.4, -0.2) is 22.5 Å². The van der Waals surface area contributed by atoms with E-state index in [1.54, 1.807) is 12.3 Å². The Balaban J connectivity index is 2.25. The van der Waals surface area contributed by atoms with Gasteiger partial charge in [0.1, 0.15) is 5.75 Å². The average molecular weight is 317 g/mol. The molecule has 0 aliphatic heterocycles. The molecule has 2 rings (SSSR count). The van der Waals surface area contributed by atoms with Gasteiger partial charge < -0.3 is 10.1 Å². The van der Waals surface area contributed by atoms with E-state index in [9.17, 15) is 13.2 Å². The summed E-state index contributed by atoms with van der Waals surface area (Å²) in [7, 11) is 0. The highest BCUT2D eigenvalue weighted by Crippen LogP contribution is 2.29. The van der Waals surface area contributed by atoms with Gasteiger partial charge in [-0.05, 0) is 42.2 Å². The summed E-state index contributed by atoms with van der Waals surface area (Å²) in [5.74, 6) is -0.235. The number of benzene rings is 1. The first-order valence-electron chi connectivity index (χ1n) is 6.36. The van der Waals surface area contributed by atoms with Crippen molar-refractivity contribution in [3.05, 3.63) is 40.9 Å². The van der Waals surface area contributed by atoms with E-state index in [0.29, 0.717) is 5.56 Å². The summed E-state index contributed by atoms with van der Waals surface area (Å²) in [5.41, 5.74) is 0.677. The fourth-order valence-electron chi connectivity index (χ4n) is 1.86. The minimum atomic E-state index is -4.70. The molecule has 1 unspecified atom stereocenters. The molecule has 0 bridgehead atoms. The first-order chi connectivity index (χ1) is 9.99. The van der Waals surface area contributed by atoms with Gasteiger partial charge in [0, 0.05) is 0 Å². The topological polar surface area (TPSA) is 47.0 Å². The highest BCUT2D eigenvalue weighted by Gasteiger charge is 2.31. The second-order valence-electron chi connectivity index (χ2n) is 4.33. The first kappa shape index (κ1) is 15.7. The lowest BCUT2D eigenvalue weighted by Gasteiger charge is -2.18. The van der Waals surface area contributed by atoms with Gasteiger partial charge in [-0.1, -0.05) is 23.5 Å². The molecule has 0 amide bonds. The molecule has 2 aromatic rings. The number of nitrogens with zero attached hydrogens (tertiary/aromatic N) is 2. The van der Waals surface area contributed by atoms with Gasteiger partial charge in [0.05, 0.1) is 17.1 Å². The van der Waals surface area contributed by atoms with Crippen molar-refractivity contribution in [1.82, 2.24) is 14.9 Å². The van der Waals surface area contributed by atoms with E-state index in [0.717, 1.165) is 17.8 Å². The third-order valence-electron chi connectivity index (χ3n) is 2.69. The van der Waals surface area contributed by atoms with Crippen molar-refractivity contribution in [3.8, 4) is 5.75 Å². The third kappa shape index (κ3) is 4.68. The molecule has 0 saturated heterocycles. The van der Waals surface area contributed by atoms with Gasteiger partial charge in [-0.2, -0.15) is 0 Å². The highest BCUT2D eigenvalue weighted by molar-refractivity contribution is 7.05. The van der Waals surface area contributed by atoms with Gasteiger partial charge in [-0.3, -0.25) is 0 Å². The van der Waals surface area contributed by atoms with Crippen molar-refractivity contribution < 1.29 is 17.9 Å². The average Bonchev–Trinajstić information content (AvgIpc) is 2.91. The largest absolute Gasteiger partial charge is 0.573 e. The van der Waals surface area contributed by atoms with Crippen LogP contribution in [0, 0.1) is 0 Å². The summed E-state index contributed by atoms with van der Waals surface area (Å²) in [5, 5.41) is 7.05. The van der Waals surface area contributed by atoms with Crippen LogP contribution in [0.3, 0.4) is 0 Å². The van der Waals surface area contributed by atoms with Crippen LogP contribution in [0.5, 0.6) is 5.75 Å². The number of hydrogen-bond donors (Lipinski definition) is 1. The molecule has 1 heterocycles. The van der Waals surface area contributed by atoms with Gasteiger partial charge in [-0.25, -0.2) is 0 Å². The molecule has 0 radical (unpaired) electrons. The fraction of sp³-hybridized carbons (Fsp3) is 0.385. The quantitative estimate of drug-likeness (QED) is 0.885. The Morgan fingerprint density at radius 3 is 2.81 bits per heavy atom. The number of alkyl halides is 3. The molecule has 1 aromatic carbocycles. The van der Waals surface area contributed by atoms with Crippen LogP contribution in [0.2, 0.25) is 0 Å². The Labute approximate surface area is 124 Å². The van der Waals surface area contributed by atoms with Crippen molar-refractivity contribution >= 4 is 11.5 Å². The number of nitrogens with one attached hydrogen (secondary N) is 1. The molecule has 0 aliphatic carbocycles. The predicted octanol–water partition coefficient (Wildman–Crippen LogP) is 3.53. The maximum absolute atomic E-state index is 12.3. The summed E-state index contributed by atoms with van der Waals surface area (Å²) in [6.07, 6.45) is -2.19. The van der Waals surface area contributed by atoms with Crippen molar-refractivity contribution in [2.45, 2.75) is 25.7 Å². The number of aromatic nitrogens is 2. The normalized spacial score (nSPS) is 13.1. The molecule has 114 valence electrons. The van der Waals surface area contributed by atoms with E-state index in [4.69, 9.17) is 0 Å². The van der Waals surface area contributed by atoms with Crippen LogP contribution in [0.1, 0.15) is 29.8 Å². The van der Waals surface area contributed by atoms with E-state index >= 15 is 0 Å². The first-order valence-corrected chi connectivity index (χ1v) is 7.13. The SMILES string of the molecule is CCCNC(c1cccc(OC(F)(F)F)c1)c1cnns1. The highest BCUT2D eigenvalue weighted by atomic mass is 32.1. The van der Waals surface area contributed by atoms with Crippen LogP contribution in [-0.2, 0) is 0 Å². The molecule has 0 spiro atoms. The van der Waals surface area contributed by atoms with Crippen LogP contribution < -0.4 is 10.1 Å². The molecule has 0 saturated carbocycles. The van der Waals surface area contributed by atoms with Crippen molar-refractivity contribution in [2.75, 3.05) is 6.54 Å². The number of rotatable bonds is 6. The molecule has 1 aromatic heterocycles. The number of ether oxygens (including phenoxy) is 1. The van der Waals surface area contributed by atoms with Crippen molar-refractivity contribution in [1.29, 1.82) is 0 Å².